The molecule has 0 bridgehead atoms. The van der Waals surface area contributed by atoms with Crippen LogP contribution in [0.2, 0.25) is 0 Å². The van der Waals surface area contributed by atoms with Gasteiger partial charge >= 0.3 is 6.09 Å². The monoisotopic (exact) mass is 400 g/mol. The van der Waals surface area contributed by atoms with Crippen molar-refractivity contribution >= 4 is 17.7 Å². The fourth-order valence-corrected chi connectivity index (χ4v) is 4.07. The van der Waals surface area contributed by atoms with Gasteiger partial charge in [0.1, 0.15) is 11.7 Å². The molecule has 2 aliphatic rings. The van der Waals surface area contributed by atoms with Crippen molar-refractivity contribution in [2.75, 3.05) is 0 Å². The van der Waals surface area contributed by atoms with Crippen LogP contribution in [0.1, 0.15) is 59.4 Å². The number of hydrogen-bond donors (Lipinski definition) is 0. The molecule has 0 aromatic heterocycles. The van der Waals surface area contributed by atoms with Crippen molar-refractivity contribution in [3.8, 4) is 0 Å². The summed E-state index contributed by atoms with van der Waals surface area (Å²) in [5, 5.41) is 4.24. The minimum absolute atomic E-state index is 0.163. The Bertz CT molecular complexity index is 767. The van der Waals surface area contributed by atoms with E-state index in [4.69, 9.17) is 9.57 Å². The normalized spacial score (nSPS) is 24.6. The number of benzene rings is 1. The van der Waals surface area contributed by atoms with E-state index in [2.05, 4.69) is 31.1 Å². The largest absolute Gasteiger partial charge is 0.443 e. The highest BCUT2D eigenvalue weighted by atomic mass is 16.6. The van der Waals surface area contributed by atoms with Crippen LogP contribution in [0.4, 0.5) is 4.79 Å². The Morgan fingerprint density at radius 3 is 2.59 bits per heavy atom. The standard InChI is InChI=1S/C23H32N2O4/c1-15(2)11-18-14-19(21(26)25(18)22(27)28-23(3,4)5)20-13-17(24-29-20)12-16-9-7-6-8-10-16/h6-10,15,18-20H,11-14H2,1-5H3/t18-,19+,20-/m0/s1. The molecule has 0 radical (unpaired) electrons. The fourth-order valence-electron chi connectivity index (χ4n) is 4.07. The van der Waals surface area contributed by atoms with Gasteiger partial charge < -0.3 is 9.57 Å². The number of amides is 2. The molecule has 1 fully saturated rings. The number of nitrogens with zero attached hydrogens (tertiary/aromatic N) is 2. The summed E-state index contributed by atoms with van der Waals surface area (Å²) in [5.74, 6) is -0.208. The molecule has 2 heterocycles. The average Bonchev–Trinajstić information content (AvgIpc) is 3.18. The first kappa shape index (κ1) is 21.3. The molecule has 0 N–H and O–H groups in total. The van der Waals surface area contributed by atoms with Gasteiger partial charge in [0.15, 0.2) is 0 Å². The van der Waals surface area contributed by atoms with E-state index in [9.17, 15) is 9.59 Å². The molecule has 1 aromatic carbocycles. The van der Waals surface area contributed by atoms with Gasteiger partial charge in [0.05, 0.1) is 11.6 Å². The van der Waals surface area contributed by atoms with E-state index in [1.54, 1.807) is 0 Å². The van der Waals surface area contributed by atoms with Gasteiger partial charge in [-0.15, -0.1) is 0 Å². The quantitative estimate of drug-likeness (QED) is 0.726. The van der Waals surface area contributed by atoms with E-state index in [0.29, 0.717) is 25.2 Å². The number of imide groups is 1. The fraction of sp³-hybridized carbons (Fsp3) is 0.609. The summed E-state index contributed by atoms with van der Waals surface area (Å²) in [7, 11) is 0. The molecule has 6 nitrogen and oxygen atoms in total. The van der Waals surface area contributed by atoms with Gasteiger partial charge in [0.2, 0.25) is 5.91 Å². The molecule has 1 aromatic rings. The molecule has 0 aliphatic carbocycles. The van der Waals surface area contributed by atoms with Crippen molar-refractivity contribution in [2.45, 2.75) is 78.0 Å². The Morgan fingerprint density at radius 1 is 1.28 bits per heavy atom. The molecule has 29 heavy (non-hydrogen) atoms. The van der Waals surface area contributed by atoms with E-state index in [0.717, 1.165) is 12.1 Å². The van der Waals surface area contributed by atoms with Crippen molar-refractivity contribution in [3.05, 3.63) is 35.9 Å². The van der Waals surface area contributed by atoms with Crippen LogP contribution >= 0.6 is 0 Å². The maximum absolute atomic E-state index is 13.2. The maximum atomic E-state index is 13.2. The molecule has 0 saturated carbocycles. The predicted molar refractivity (Wildman–Crippen MR) is 112 cm³/mol. The second-order valence-electron chi connectivity index (χ2n) is 9.48. The predicted octanol–water partition coefficient (Wildman–Crippen LogP) is 4.57. The van der Waals surface area contributed by atoms with Crippen molar-refractivity contribution < 1.29 is 19.2 Å². The lowest BCUT2D eigenvalue weighted by Gasteiger charge is -2.28. The van der Waals surface area contributed by atoms with Gasteiger partial charge in [-0.25, -0.2) is 9.69 Å². The first-order valence-corrected chi connectivity index (χ1v) is 10.5. The van der Waals surface area contributed by atoms with Gasteiger partial charge in [0.25, 0.3) is 0 Å². The van der Waals surface area contributed by atoms with Crippen LogP contribution in [0.15, 0.2) is 35.5 Å². The lowest BCUT2D eigenvalue weighted by molar-refractivity contribution is -0.134. The van der Waals surface area contributed by atoms with E-state index in [1.807, 2.05) is 39.0 Å². The molecule has 158 valence electrons. The minimum Gasteiger partial charge on any atom is -0.443 e. The summed E-state index contributed by atoms with van der Waals surface area (Å²) in [6, 6.07) is 9.93. The average molecular weight is 401 g/mol. The van der Waals surface area contributed by atoms with Crippen LogP contribution in [0, 0.1) is 11.8 Å². The molecular formula is C23H32N2O4. The molecule has 2 amide bonds. The third-order valence-electron chi connectivity index (χ3n) is 5.23. The summed E-state index contributed by atoms with van der Waals surface area (Å²) in [4.78, 5) is 32.9. The highest BCUT2D eigenvalue weighted by Crippen LogP contribution is 2.36. The van der Waals surface area contributed by atoms with E-state index >= 15 is 0 Å². The third-order valence-corrected chi connectivity index (χ3v) is 5.23. The second kappa shape index (κ2) is 8.56. The molecule has 0 unspecified atom stereocenters. The highest BCUT2D eigenvalue weighted by molar-refractivity contribution is 5.97. The van der Waals surface area contributed by atoms with Crippen LogP contribution in [0.5, 0.6) is 0 Å². The first-order chi connectivity index (χ1) is 13.6. The van der Waals surface area contributed by atoms with Crippen LogP contribution in [-0.2, 0) is 20.8 Å². The summed E-state index contributed by atoms with van der Waals surface area (Å²) in [6.07, 6.45) is 1.80. The van der Waals surface area contributed by atoms with Crippen molar-refractivity contribution in [1.82, 2.24) is 4.90 Å². The number of hydrogen-bond acceptors (Lipinski definition) is 5. The zero-order valence-electron chi connectivity index (χ0n) is 18.1. The topological polar surface area (TPSA) is 68.2 Å². The summed E-state index contributed by atoms with van der Waals surface area (Å²) in [6.45, 7) is 9.62. The van der Waals surface area contributed by atoms with Crippen molar-refractivity contribution in [3.63, 3.8) is 0 Å². The zero-order valence-corrected chi connectivity index (χ0v) is 18.1. The molecular weight excluding hydrogens is 368 g/mol. The lowest BCUT2D eigenvalue weighted by Crippen LogP contribution is -2.44. The van der Waals surface area contributed by atoms with Crippen LogP contribution in [-0.4, -0.2) is 40.4 Å². The van der Waals surface area contributed by atoms with E-state index in [1.165, 1.54) is 10.5 Å². The van der Waals surface area contributed by atoms with Crippen LogP contribution in [0.25, 0.3) is 0 Å². The van der Waals surface area contributed by atoms with Gasteiger partial charge in [-0.3, -0.25) is 4.79 Å². The second-order valence-corrected chi connectivity index (χ2v) is 9.48. The molecule has 0 spiro atoms. The third kappa shape index (κ3) is 5.37. The Morgan fingerprint density at radius 2 is 1.97 bits per heavy atom. The van der Waals surface area contributed by atoms with Gasteiger partial charge in [-0.2, -0.15) is 0 Å². The minimum atomic E-state index is -0.645. The molecule has 6 heteroatoms. The number of rotatable bonds is 5. The summed E-state index contributed by atoms with van der Waals surface area (Å²) in [5.41, 5.74) is 1.46. The maximum Gasteiger partial charge on any atom is 0.417 e. The van der Waals surface area contributed by atoms with Gasteiger partial charge in [-0.1, -0.05) is 49.3 Å². The lowest BCUT2D eigenvalue weighted by atomic mass is 9.91. The van der Waals surface area contributed by atoms with E-state index in [-0.39, 0.29) is 24.0 Å². The SMILES string of the molecule is CC(C)C[C@H]1C[C@H]([C@@H]2CC(Cc3ccccc3)=NO2)C(=O)N1C(=O)OC(C)(C)C. The number of carbonyl (C=O) groups is 2. The number of ether oxygens (including phenoxy) is 1. The number of oxime groups is 1. The smallest absolute Gasteiger partial charge is 0.417 e. The molecule has 3 atom stereocenters. The van der Waals surface area contributed by atoms with Crippen LogP contribution in [0.3, 0.4) is 0 Å². The zero-order chi connectivity index (χ0) is 21.2. The number of carbonyl (C=O) groups excluding carboxylic acids is 2. The summed E-state index contributed by atoms with van der Waals surface area (Å²) < 4.78 is 5.51. The Kier molecular flexibility index (Phi) is 6.30. The molecule has 3 rings (SSSR count). The molecule has 1 saturated heterocycles. The summed E-state index contributed by atoms with van der Waals surface area (Å²) >= 11 is 0. The van der Waals surface area contributed by atoms with Crippen molar-refractivity contribution in [2.24, 2.45) is 17.0 Å². The van der Waals surface area contributed by atoms with Gasteiger partial charge in [0, 0.05) is 18.9 Å². The molecule has 2 aliphatic heterocycles. The van der Waals surface area contributed by atoms with Crippen LogP contribution < -0.4 is 0 Å². The first-order valence-electron chi connectivity index (χ1n) is 10.5. The highest BCUT2D eigenvalue weighted by Gasteiger charge is 2.49. The number of likely N-dealkylation sites (tertiary alicyclic amines) is 1. The Hall–Kier alpha value is -2.37. The van der Waals surface area contributed by atoms with Gasteiger partial charge in [-0.05, 0) is 45.1 Å². The Balaban J connectivity index is 1.68. The van der Waals surface area contributed by atoms with E-state index < -0.39 is 11.7 Å². The Labute approximate surface area is 173 Å². The van der Waals surface area contributed by atoms with Crippen molar-refractivity contribution in [1.29, 1.82) is 0 Å².